The summed E-state index contributed by atoms with van der Waals surface area (Å²) in [5, 5.41) is 11.9. The highest BCUT2D eigenvalue weighted by Gasteiger charge is 2.18. The van der Waals surface area contributed by atoms with E-state index in [1.807, 2.05) is 6.07 Å². The summed E-state index contributed by atoms with van der Waals surface area (Å²) in [5.74, 6) is -0.125. The van der Waals surface area contributed by atoms with E-state index in [0.29, 0.717) is 19.4 Å². The van der Waals surface area contributed by atoms with Gasteiger partial charge in [0.15, 0.2) is 0 Å². The second-order valence-corrected chi connectivity index (χ2v) is 7.08. The number of hydrogen-bond donors (Lipinski definition) is 2. The van der Waals surface area contributed by atoms with Crippen LogP contribution in [-0.2, 0) is 11.2 Å². The summed E-state index contributed by atoms with van der Waals surface area (Å²) in [6.07, 6.45) is 5.46. The summed E-state index contributed by atoms with van der Waals surface area (Å²) in [4.78, 5) is 36.0. The van der Waals surface area contributed by atoms with Crippen molar-refractivity contribution >= 4 is 17.8 Å². The largest absolute Gasteiger partial charge is 0.478 e. The molecule has 0 atom stereocenters. The van der Waals surface area contributed by atoms with Gasteiger partial charge in [-0.2, -0.15) is 0 Å². The van der Waals surface area contributed by atoms with Crippen molar-refractivity contribution in [1.82, 2.24) is 20.2 Å². The Morgan fingerprint density at radius 1 is 1.03 bits per heavy atom. The van der Waals surface area contributed by atoms with Crippen molar-refractivity contribution in [2.75, 3.05) is 44.2 Å². The summed E-state index contributed by atoms with van der Waals surface area (Å²) >= 11 is 0. The van der Waals surface area contributed by atoms with Gasteiger partial charge in [0, 0.05) is 51.5 Å². The number of rotatable bonds is 9. The molecular formula is C21H27N5O3. The topological polar surface area (TPSA) is 98.7 Å². The van der Waals surface area contributed by atoms with E-state index in [-0.39, 0.29) is 11.5 Å². The zero-order valence-electron chi connectivity index (χ0n) is 16.5. The van der Waals surface area contributed by atoms with Crippen LogP contribution in [0.2, 0.25) is 0 Å². The van der Waals surface area contributed by atoms with Gasteiger partial charge in [0.25, 0.3) is 0 Å². The lowest BCUT2D eigenvalue weighted by Gasteiger charge is -2.34. The van der Waals surface area contributed by atoms with Gasteiger partial charge in [0.05, 0.1) is 5.56 Å². The minimum atomic E-state index is -0.941. The van der Waals surface area contributed by atoms with E-state index < -0.39 is 5.97 Å². The number of nitrogens with zero attached hydrogens (tertiary/aromatic N) is 4. The molecule has 1 aliphatic rings. The minimum Gasteiger partial charge on any atom is -0.478 e. The quantitative estimate of drug-likeness (QED) is 0.618. The standard InChI is InChI=1S/C21H27N5O3/c27-19(8-5-17-3-6-18(7-4-17)20(28)29)22-11-2-12-25-13-15-26(16-14-25)21-23-9-1-10-24-21/h1,3-4,6-7,9-10H,2,5,8,11-16H2,(H,22,27)(H,28,29). The average Bonchev–Trinajstić information content (AvgIpc) is 2.76. The van der Waals surface area contributed by atoms with Gasteiger partial charge in [0.1, 0.15) is 0 Å². The van der Waals surface area contributed by atoms with Crippen LogP contribution in [0.1, 0.15) is 28.8 Å². The predicted octanol–water partition coefficient (Wildman–Crippen LogP) is 1.44. The van der Waals surface area contributed by atoms with Crippen LogP contribution in [-0.4, -0.2) is 71.1 Å². The number of nitrogens with one attached hydrogen (secondary N) is 1. The number of anilines is 1. The smallest absolute Gasteiger partial charge is 0.335 e. The Balaban J connectivity index is 1.27. The lowest BCUT2D eigenvalue weighted by molar-refractivity contribution is -0.121. The first kappa shape index (κ1) is 20.7. The third-order valence-electron chi connectivity index (χ3n) is 5.02. The van der Waals surface area contributed by atoms with Crippen LogP contribution in [0.5, 0.6) is 0 Å². The molecule has 8 heteroatoms. The van der Waals surface area contributed by atoms with Crippen LogP contribution in [0.3, 0.4) is 0 Å². The molecule has 29 heavy (non-hydrogen) atoms. The van der Waals surface area contributed by atoms with Crippen LogP contribution in [0.15, 0.2) is 42.7 Å². The molecule has 1 aromatic carbocycles. The summed E-state index contributed by atoms with van der Waals surface area (Å²) < 4.78 is 0. The highest BCUT2D eigenvalue weighted by atomic mass is 16.4. The SMILES string of the molecule is O=C(CCc1ccc(C(=O)O)cc1)NCCCN1CCN(c2ncccn2)CC1. The molecule has 154 valence electrons. The first-order valence-electron chi connectivity index (χ1n) is 9.95. The van der Waals surface area contributed by atoms with Crippen molar-refractivity contribution in [3.63, 3.8) is 0 Å². The number of aromatic nitrogens is 2. The molecule has 1 aromatic heterocycles. The van der Waals surface area contributed by atoms with Crippen LogP contribution in [0.4, 0.5) is 5.95 Å². The third kappa shape index (κ3) is 6.53. The molecule has 2 aromatic rings. The highest BCUT2D eigenvalue weighted by Crippen LogP contribution is 2.10. The number of aromatic carboxylic acids is 1. The Bertz CT molecular complexity index is 790. The van der Waals surface area contributed by atoms with E-state index in [9.17, 15) is 9.59 Å². The molecule has 1 fully saturated rings. The number of benzene rings is 1. The summed E-state index contributed by atoms with van der Waals surface area (Å²) in [5.41, 5.74) is 1.22. The molecule has 1 aliphatic heterocycles. The van der Waals surface area contributed by atoms with Gasteiger partial charge in [-0.25, -0.2) is 14.8 Å². The van der Waals surface area contributed by atoms with Crippen molar-refractivity contribution in [2.45, 2.75) is 19.3 Å². The summed E-state index contributed by atoms with van der Waals surface area (Å²) in [6.45, 7) is 5.39. The van der Waals surface area contributed by atoms with Gasteiger partial charge in [-0.1, -0.05) is 12.1 Å². The summed E-state index contributed by atoms with van der Waals surface area (Å²) in [6, 6.07) is 8.48. The van der Waals surface area contributed by atoms with Crippen molar-refractivity contribution in [2.24, 2.45) is 0 Å². The lowest BCUT2D eigenvalue weighted by atomic mass is 10.1. The zero-order valence-corrected chi connectivity index (χ0v) is 16.5. The van der Waals surface area contributed by atoms with Crippen LogP contribution >= 0.6 is 0 Å². The third-order valence-corrected chi connectivity index (χ3v) is 5.02. The van der Waals surface area contributed by atoms with Crippen LogP contribution in [0, 0.1) is 0 Å². The molecule has 0 unspecified atom stereocenters. The van der Waals surface area contributed by atoms with Crippen LogP contribution in [0.25, 0.3) is 0 Å². The molecule has 0 radical (unpaired) electrons. The van der Waals surface area contributed by atoms with Gasteiger partial charge in [-0.3, -0.25) is 9.69 Å². The van der Waals surface area contributed by atoms with Gasteiger partial charge < -0.3 is 15.3 Å². The molecule has 0 aliphatic carbocycles. The number of carboxylic acids is 1. The van der Waals surface area contributed by atoms with E-state index >= 15 is 0 Å². The molecule has 2 heterocycles. The number of amides is 1. The van der Waals surface area contributed by atoms with Crippen molar-refractivity contribution < 1.29 is 14.7 Å². The molecule has 0 saturated carbocycles. The van der Waals surface area contributed by atoms with E-state index in [1.54, 1.807) is 36.7 Å². The first-order chi connectivity index (χ1) is 14.1. The maximum absolute atomic E-state index is 12.0. The fraction of sp³-hybridized carbons (Fsp3) is 0.429. The fourth-order valence-electron chi connectivity index (χ4n) is 3.32. The Hall–Kier alpha value is -3.00. The van der Waals surface area contributed by atoms with E-state index in [2.05, 4.69) is 25.1 Å². The van der Waals surface area contributed by atoms with Crippen molar-refractivity contribution in [3.8, 4) is 0 Å². The first-order valence-corrected chi connectivity index (χ1v) is 9.95. The number of aryl methyl sites for hydroxylation is 1. The van der Waals surface area contributed by atoms with Gasteiger partial charge in [-0.05, 0) is 43.1 Å². The molecule has 2 N–H and O–H groups in total. The number of piperazine rings is 1. The molecular weight excluding hydrogens is 370 g/mol. The number of carboxylic acid groups (broad SMARTS) is 1. The second-order valence-electron chi connectivity index (χ2n) is 7.08. The molecule has 0 bridgehead atoms. The molecule has 1 saturated heterocycles. The normalized spacial score (nSPS) is 14.6. The maximum Gasteiger partial charge on any atom is 0.335 e. The lowest BCUT2D eigenvalue weighted by Crippen LogP contribution is -2.47. The van der Waals surface area contributed by atoms with Gasteiger partial charge in [-0.15, -0.1) is 0 Å². The van der Waals surface area contributed by atoms with Crippen LogP contribution < -0.4 is 10.2 Å². The Morgan fingerprint density at radius 3 is 2.38 bits per heavy atom. The monoisotopic (exact) mass is 397 g/mol. The Morgan fingerprint density at radius 2 is 1.72 bits per heavy atom. The molecule has 8 nitrogen and oxygen atoms in total. The van der Waals surface area contributed by atoms with E-state index in [1.165, 1.54) is 0 Å². The van der Waals surface area contributed by atoms with E-state index in [0.717, 1.165) is 50.7 Å². The maximum atomic E-state index is 12.0. The summed E-state index contributed by atoms with van der Waals surface area (Å²) in [7, 11) is 0. The fourth-order valence-corrected chi connectivity index (χ4v) is 3.32. The van der Waals surface area contributed by atoms with Crippen molar-refractivity contribution in [1.29, 1.82) is 0 Å². The average molecular weight is 397 g/mol. The number of carbonyl (C=O) groups is 2. The zero-order chi connectivity index (χ0) is 20.5. The minimum absolute atomic E-state index is 0.0263. The predicted molar refractivity (Wildman–Crippen MR) is 110 cm³/mol. The number of hydrogen-bond acceptors (Lipinski definition) is 6. The molecule has 0 spiro atoms. The van der Waals surface area contributed by atoms with E-state index in [4.69, 9.17) is 5.11 Å². The highest BCUT2D eigenvalue weighted by molar-refractivity contribution is 5.87. The van der Waals surface area contributed by atoms with Gasteiger partial charge >= 0.3 is 5.97 Å². The van der Waals surface area contributed by atoms with Gasteiger partial charge in [0.2, 0.25) is 11.9 Å². The number of carbonyl (C=O) groups excluding carboxylic acids is 1. The Kier molecular flexibility index (Phi) is 7.52. The molecule has 1 amide bonds. The second kappa shape index (κ2) is 10.5. The van der Waals surface area contributed by atoms with Crippen molar-refractivity contribution in [3.05, 3.63) is 53.9 Å². The Labute approximate surface area is 170 Å². The molecule has 3 rings (SSSR count).